The molecule has 88 valence electrons. The largest absolute Gasteiger partial charge is 0.309 e. The Balaban J connectivity index is 1.50. The van der Waals surface area contributed by atoms with E-state index in [1.165, 1.54) is 55.1 Å². The van der Waals surface area contributed by atoms with Crippen molar-refractivity contribution in [2.45, 2.75) is 44.8 Å². The maximum atomic E-state index is 3.58. The number of rotatable bonds is 5. The van der Waals surface area contributed by atoms with E-state index in [9.17, 15) is 0 Å². The van der Waals surface area contributed by atoms with Crippen LogP contribution < -0.4 is 5.32 Å². The molecule has 0 spiro atoms. The van der Waals surface area contributed by atoms with E-state index in [4.69, 9.17) is 0 Å². The van der Waals surface area contributed by atoms with E-state index in [-0.39, 0.29) is 0 Å². The molecule has 1 aliphatic heterocycles. The third-order valence-corrected chi connectivity index (χ3v) is 4.51. The molecular formula is C13H20N2S. The topological polar surface area (TPSA) is 15.3 Å². The van der Waals surface area contributed by atoms with Gasteiger partial charge in [-0.15, -0.1) is 11.3 Å². The first-order valence-corrected chi connectivity index (χ1v) is 7.25. The van der Waals surface area contributed by atoms with Crippen molar-refractivity contribution in [1.29, 1.82) is 0 Å². The summed E-state index contributed by atoms with van der Waals surface area (Å²) in [5.41, 5.74) is 0. The molecule has 0 aromatic carbocycles. The molecule has 1 aromatic heterocycles. The second kappa shape index (κ2) is 4.86. The molecule has 0 amide bonds. The van der Waals surface area contributed by atoms with Crippen LogP contribution in [0.25, 0.3) is 0 Å². The molecule has 0 bridgehead atoms. The zero-order valence-electron chi connectivity index (χ0n) is 9.74. The van der Waals surface area contributed by atoms with Crippen LogP contribution in [-0.4, -0.2) is 24.0 Å². The summed E-state index contributed by atoms with van der Waals surface area (Å²) in [6.07, 6.45) is 5.54. The first-order valence-electron chi connectivity index (χ1n) is 6.43. The highest BCUT2D eigenvalue weighted by molar-refractivity contribution is 7.11. The molecule has 2 heterocycles. The lowest BCUT2D eigenvalue weighted by atomic mass is 10.4. The van der Waals surface area contributed by atoms with Crippen LogP contribution in [0, 0.1) is 0 Å². The summed E-state index contributed by atoms with van der Waals surface area (Å²) in [5.74, 6) is 0. The monoisotopic (exact) mass is 236 g/mol. The van der Waals surface area contributed by atoms with Gasteiger partial charge in [0.05, 0.1) is 0 Å². The van der Waals surface area contributed by atoms with Crippen molar-refractivity contribution in [3.8, 4) is 0 Å². The van der Waals surface area contributed by atoms with Crippen molar-refractivity contribution in [3.05, 3.63) is 21.9 Å². The highest BCUT2D eigenvalue weighted by atomic mass is 32.1. The van der Waals surface area contributed by atoms with Crippen LogP contribution in [0.4, 0.5) is 0 Å². The van der Waals surface area contributed by atoms with Gasteiger partial charge in [-0.05, 0) is 50.9 Å². The van der Waals surface area contributed by atoms with Gasteiger partial charge in [-0.2, -0.15) is 0 Å². The van der Waals surface area contributed by atoms with Crippen molar-refractivity contribution in [3.63, 3.8) is 0 Å². The van der Waals surface area contributed by atoms with Crippen LogP contribution in [0.15, 0.2) is 12.1 Å². The Bertz CT molecular complexity index is 337. The molecule has 1 aromatic rings. The minimum absolute atomic E-state index is 0.823. The standard InChI is InChI=1S/C13H20N2S/c1-2-8-15(7-1)10-13-6-5-12(16-13)9-14-11-3-4-11/h5-6,11,14H,1-4,7-10H2. The fourth-order valence-electron chi connectivity index (χ4n) is 2.30. The van der Waals surface area contributed by atoms with Crippen LogP contribution in [0.2, 0.25) is 0 Å². The van der Waals surface area contributed by atoms with Crippen molar-refractivity contribution < 1.29 is 0 Å². The Morgan fingerprint density at radius 2 is 1.94 bits per heavy atom. The minimum atomic E-state index is 0.823. The maximum absolute atomic E-state index is 3.58. The lowest BCUT2D eigenvalue weighted by Gasteiger charge is -2.12. The Labute approximate surface area is 102 Å². The zero-order chi connectivity index (χ0) is 10.8. The minimum Gasteiger partial charge on any atom is -0.309 e. The van der Waals surface area contributed by atoms with Crippen LogP contribution in [0.3, 0.4) is 0 Å². The number of thiophene rings is 1. The van der Waals surface area contributed by atoms with Crippen LogP contribution in [-0.2, 0) is 13.1 Å². The molecule has 2 aliphatic rings. The van der Waals surface area contributed by atoms with Crippen molar-refractivity contribution in [2.24, 2.45) is 0 Å². The predicted octanol–water partition coefficient (Wildman–Crippen LogP) is 2.60. The van der Waals surface area contributed by atoms with E-state index in [0.29, 0.717) is 0 Å². The van der Waals surface area contributed by atoms with Gasteiger partial charge in [0, 0.05) is 28.9 Å². The second-order valence-electron chi connectivity index (χ2n) is 5.01. The average molecular weight is 236 g/mol. The van der Waals surface area contributed by atoms with E-state index >= 15 is 0 Å². The van der Waals surface area contributed by atoms with Gasteiger partial charge in [0.2, 0.25) is 0 Å². The molecular weight excluding hydrogens is 216 g/mol. The van der Waals surface area contributed by atoms with Crippen LogP contribution >= 0.6 is 11.3 Å². The van der Waals surface area contributed by atoms with Gasteiger partial charge in [-0.3, -0.25) is 4.90 Å². The van der Waals surface area contributed by atoms with E-state index < -0.39 is 0 Å². The Hall–Kier alpha value is -0.380. The fraction of sp³-hybridized carbons (Fsp3) is 0.692. The number of hydrogen-bond donors (Lipinski definition) is 1. The lowest BCUT2D eigenvalue weighted by Crippen LogP contribution is -2.17. The second-order valence-corrected chi connectivity index (χ2v) is 6.26. The smallest absolute Gasteiger partial charge is 0.0328 e. The average Bonchev–Trinajstić information content (AvgIpc) is 2.78. The highest BCUT2D eigenvalue weighted by Crippen LogP contribution is 2.23. The molecule has 16 heavy (non-hydrogen) atoms. The molecule has 1 N–H and O–H groups in total. The Kier molecular flexibility index (Phi) is 3.27. The molecule has 0 unspecified atom stereocenters. The summed E-state index contributed by atoms with van der Waals surface area (Å²) in [6.45, 7) is 4.85. The van der Waals surface area contributed by atoms with Gasteiger partial charge in [0.1, 0.15) is 0 Å². The quantitative estimate of drug-likeness (QED) is 0.845. The molecule has 0 radical (unpaired) electrons. The molecule has 3 heteroatoms. The summed E-state index contributed by atoms with van der Waals surface area (Å²) in [7, 11) is 0. The van der Waals surface area contributed by atoms with Crippen molar-refractivity contribution >= 4 is 11.3 Å². The summed E-state index contributed by atoms with van der Waals surface area (Å²) < 4.78 is 0. The molecule has 1 aliphatic carbocycles. The predicted molar refractivity (Wildman–Crippen MR) is 68.7 cm³/mol. The number of likely N-dealkylation sites (tertiary alicyclic amines) is 1. The van der Waals surface area contributed by atoms with Gasteiger partial charge >= 0.3 is 0 Å². The molecule has 2 nitrogen and oxygen atoms in total. The summed E-state index contributed by atoms with van der Waals surface area (Å²) in [5, 5.41) is 3.58. The van der Waals surface area contributed by atoms with Crippen LogP contribution in [0.5, 0.6) is 0 Å². The Morgan fingerprint density at radius 1 is 1.19 bits per heavy atom. The molecule has 1 saturated heterocycles. The van der Waals surface area contributed by atoms with Gasteiger partial charge in [0.25, 0.3) is 0 Å². The zero-order valence-corrected chi connectivity index (χ0v) is 10.6. The van der Waals surface area contributed by atoms with Crippen molar-refractivity contribution in [1.82, 2.24) is 10.2 Å². The molecule has 2 fully saturated rings. The molecule has 0 atom stereocenters. The summed E-state index contributed by atoms with van der Waals surface area (Å²) in [6, 6.07) is 5.43. The third kappa shape index (κ3) is 2.84. The van der Waals surface area contributed by atoms with Crippen LogP contribution in [0.1, 0.15) is 35.4 Å². The van der Waals surface area contributed by atoms with Crippen molar-refractivity contribution in [2.75, 3.05) is 13.1 Å². The fourth-order valence-corrected chi connectivity index (χ4v) is 3.31. The Morgan fingerprint density at radius 3 is 2.69 bits per heavy atom. The normalized spacial score (nSPS) is 21.8. The first-order chi connectivity index (χ1) is 7.90. The SMILES string of the molecule is c1cc(CN2CCCC2)sc1CNC1CC1. The molecule has 3 rings (SSSR count). The summed E-state index contributed by atoms with van der Waals surface area (Å²) >= 11 is 1.99. The third-order valence-electron chi connectivity index (χ3n) is 3.44. The number of nitrogens with zero attached hydrogens (tertiary/aromatic N) is 1. The lowest BCUT2D eigenvalue weighted by molar-refractivity contribution is 0.334. The van der Waals surface area contributed by atoms with Gasteiger partial charge in [0.15, 0.2) is 0 Å². The van der Waals surface area contributed by atoms with E-state index in [0.717, 1.165) is 12.6 Å². The van der Waals surface area contributed by atoms with Gasteiger partial charge < -0.3 is 5.32 Å². The van der Waals surface area contributed by atoms with E-state index in [1.54, 1.807) is 0 Å². The van der Waals surface area contributed by atoms with E-state index in [1.807, 2.05) is 11.3 Å². The highest BCUT2D eigenvalue weighted by Gasteiger charge is 2.20. The number of nitrogens with one attached hydrogen (secondary N) is 1. The molecule has 1 saturated carbocycles. The number of hydrogen-bond acceptors (Lipinski definition) is 3. The van der Waals surface area contributed by atoms with Gasteiger partial charge in [-0.25, -0.2) is 0 Å². The first kappa shape index (κ1) is 10.8. The summed E-state index contributed by atoms with van der Waals surface area (Å²) in [4.78, 5) is 5.61. The van der Waals surface area contributed by atoms with Gasteiger partial charge in [-0.1, -0.05) is 0 Å². The van der Waals surface area contributed by atoms with E-state index in [2.05, 4.69) is 22.3 Å². The maximum Gasteiger partial charge on any atom is 0.0328 e.